The lowest BCUT2D eigenvalue weighted by Gasteiger charge is -2.26. The summed E-state index contributed by atoms with van der Waals surface area (Å²) in [5, 5.41) is 6.31. The van der Waals surface area contributed by atoms with Crippen LogP contribution in [0.25, 0.3) is 0 Å². The van der Waals surface area contributed by atoms with Crippen LogP contribution >= 0.6 is 11.6 Å². The topological polar surface area (TPSA) is 78.5 Å². The van der Waals surface area contributed by atoms with Gasteiger partial charge >= 0.3 is 0 Å². The molecule has 0 bridgehead atoms. The molecule has 2 N–H and O–H groups in total. The number of carbonyl (C=O) groups excluding carboxylic acids is 3. The number of halogens is 1. The van der Waals surface area contributed by atoms with E-state index in [1.807, 2.05) is 0 Å². The van der Waals surface area contributed by atoms with Crippen LogP contribution in [0.2, 0.25) is 5.02 Å². The molecule has 4 rings (SSSR count). The van der Waals surface area contributed by atoms with Crippen molar-refractivity contribution in [3.05, 3.63) is 59.1 Å². The van der Waals surface area contributed by atoms with E-state index in [0.717, 1.165) is 32.1 Å². The van der Waals surface area contributed by atoms with Gasteiger partial charge in [0.05, 0.1) is 0 Å². The van der Waals surface area contributed by atoms with E-state index in [1.165, 1.54) is 0 Å². The second-order valence-electron chi connectivity index (χ2n) is 8.20. The average Bonchev–Trinajstić information content (AvgIpc) is 3.47. The Balaban J connectivity index is 1.34. The molecule has 7 heteroatoms. The van der Waals surface area contributed by atoms with Crippen molar-refractivity contribution in [2.75, 3.05) is 17.2 Å². The van der Waals surface area contributed by atoms with Crippen LogP contribution < -0.4 is 10.6 Å². The Labute approximate surface area is 187 Å². The second-order valence-corrected chi connectivity index (χ2v) is 8.64. The van der Waals surface area contributed by atoms with E-state index >= 15 is 0 Å². The Morgan fingerprint density at radius 2 is 1.42 bits per heavy atom. The van der Waals surface area contributed by atoms with Crippen LogP contribution in [-0.4, -0.2) is 35.2 Å². The third-order valence-electron chi connectivity index (χ3n) is 6.06. The molecule has 0 spiro atoms. The summed E-state index contributed by atoms with van der Waals surface area (Å²) in [7, 11) is 0. The van der Waals surface area contributed by atoms with Crippen molar-refractivity contribution < 1.29 is 14.4 Å². The Morgan fingerprint density at radius 1 is 0.806 bits per heavy atom. The maximum Gasteiger partial charge on any atom is 0.255 e. The minimum Gasteiger partial charge on any atom is -0.330 e. The van der Waals surface area contributed by atoms with Crippen LogP contribution in [0.5, 0.6) is 0 Å². The molecule has 31 heavy (non-hydrogen) atoms. The summed E-state index contributed by atoms with van der Waals surface area (Å²) in [4.78, 5) is 39.7. The number of likely N-dealkylation sites (tertiary alicyclic amines) is 1. The van der Waals surface area contributed by atoms with Gasteiger partial charge in [0.15, 0.2) is 0 Å². The number of amides is 3. The second kappa shape index (κ2) is 9.52. The summed E-state index contributed by atoms with van der Waals surface area (Å²) >= 11 is 5.85. The number of hydrogen-bond acceptors (Lipinski definition) is 3. The lowest BCUT2D eigenvalue weighted by Crippen LogP contribution is -2.45. The molecule has 1 saturated heterocycles. The summed E-state index contributed by atoms with van der Waals surface area (Å²) in [6.45, 7) is 0.656. The summed E-state index contributed by atoms with van der Waals surface area (Å²) in [6, 6.07) is 13.2. The van der Waals surface area contributed by atoms with E-state index < -0.39 is 6.04 Å². The van der Waals surface area contributed by atoms with Gasteiger partial charge in [0.25, 0.3) is 5.91 Å². The van der Waals surface area contributed by atoms with Gasteiger partial charge in [-0.05, 0) is 74.2 Å². The quantitative estimate of drug-likeness (QED) is 0.708. The van der Waals surface area contributed by atoms with Gasteiger partial charge in [0, 0.05) is 34.4 Å². The molecule has 1 aliphatic carbocycles. The third kappa shape index (κ3) is 5.07. The van der Waals surface area contributed by atoms with E-state index in [9.17, 15) is 14.4 Å². The minimum atomic E-state index is -0.405. The molecular weight excluding hydrogens is 414 g/mol. The largest absolute Gasteiger partial charge is 0.330 e. The zero-order chi connectivity index (χ0) is 21.8. The molecule has 1 aliphatic heterocycles. The number of anilines is 2. The highest BCUT2D eigenvalue weighted by atomic mass is 35.5. The first-order valence-corrected chi connectivity index (χ1v) is 11.2. The molecule has 1 saturated carbocycles. The van der Waals surface area contributed by atoms with Crippen molar-refractivity contribution in [3.8, 4) is 0 Å². The molecule has 0 aromatic heterocycles. The average molecular weight is 440 g/mol. The first-order valence-electron chi connectivity index (χ1n) is 10.8. The third-order valence-corrected chi connectivity index (χ3v) is 6.31. The molecular formula is C24H26ClN3O3. The summed E-state index contributed by atoms with van der Waals surface area (Å²) in [5.41, 5.74) is 1.77. The van der Waals surface area contributed by atoms with E-state index in [2.05, 4.69) is 10.6 Å². The van der Waals surface area contributed by atoms with Gasteiger partial charge < -0.3 is 15.5 Å². The number of rotatable bonds is 5. The first kappa shape index (κ1) is 21.4. The molecule has 6 nitrogen and oxygen atoms in total. The predicted octanol–water partition coefficient (Wildman–Crippen LogP) is 4.71. The van der Waals surface area contributed by atoms with Crippen LogP contribution in [0.1, 0.15) is 48.9 Å². The smallest absolute Gasteiger partial charge is 0.255 e. The van der Waals surface area contributed by atoms with Gasteiger partial charge in [-0.2, -0.15) is 0 Å². The van der Waals surface area contributed by atoms with Crippen LogP contribution in [0.15, 0.2) is 48.5 Å². The van der Waals surface area contributed by atoms with Crippen LogP contribution in [0.3, 0.4) is 0 Å². The fourth-order valence-electron chi connectivity index (χ4n) is 4.38. The zero-order valence-electron chi connectivity index (χ0n) is 17.3. The van der Waals surface area contributed by atoms with Crippen molar-refractivity contribution in [1.29, 1.82) is 0 Å². The van der Waals surface area contributed by atoms with Crippen molar-refractivity contribution in [3.63, 3.8) is 0 Å². The highest BCUT2D eigenvalue weighted by Gasteiger charge is 2.37. The van der Waals surface area contributed by atoms with E-state index in [0.29, 0.717) is 34.9 Å². The normalized spacial score (nSPS) is 18.7. The minimum absolute atomic E-state index is 0.0805. The number of nitrogens with zero attached hydrogens (tertiary/aromatic N) is 1. The Morgan fingerprint density at radius 3 is 2.06 bits per heavy atom. The Kier molecular flexibility index (Phi) is 6.56. The van der Waals surface area contributed by atoms with Gasteiger partial charge in [-0.1, -0.05) is 24.4 Å². The molecule has 2 aromatic carbocycles. The number of benzene rings is 2. The molecule has 1 atom stereocenters. The van der Waals surface area contributed by atoms with E-state index in [4.69, 9.17) is 11.6 Å². The van der Waals surface area contributed by atoms with Crippen molar-refractivity contribution in [2.24, 2.45) is 5.92 Å². The SMILES string of the molecule is O=C(Nc1ccc(NC(=O)C2CCCN2C(=O)C2CCCC2)cc1)c1ccc(Cl)cc1. The van der Waals surface area contributed by atoms with Crippen LogP contribution in [0.4, 0.5) is 11.4 Å². The molecule has 2 aromatic rings. The Hall–Kier alpha value is -2.86. The highest BCUT2D eigenvalue weighted by Crippen LogP contribution is 2.30. The highest BCUT2D eigenvalue weighted by molar-refractivity contribution is 6.30. The lowest BCUT2D eigenvalue weighted by molar-refractivity contribution is -0.140. The van der Waals surface area contributed by atoms with Gasteiger partial charge in [-0.3, -0.25) is 14.4 Å². The number of carbonyl (C=O) groups is 3. The van der Waals surface area contributed by atoms with Crippen LogP contribution in [0, 0.1) is 5.92 Å². The lowest BCUT2D eigenvalue weighted by atomic mass is 10.1. The zero-order valence-corrected chi connectivity index (χ0v) is 18.0. The molecule has 0 radical (unpaired) electrons. The van der Waals surface area contributed by atoms with E-state index in [1.54, 1.807) is 53.4 Å². The van der Waals surface area contributed by atoms with Crippen molar-refractivity contribution >= 4 is 40.7 Å². The molecule has 162 valence electrons. The van der Waals surface area contributed by atoms with Gasteiger partial charge in [-0.25, -0.2) is 0 Å². The standard InChI is InChI=1S/C24H26ClN3O3/c25-18-9-7-16(8-10-18)22(29)26-19-11-13-20(14-12-19)27-23(30)21-6-3-15-28(21)24(31)17-4-1-2-5-17/h7-14,17,21H,1-6,15H2,(H,26,29)(H,27,30). The molecule has 3 amide bonds. The predicted molar refractivity (Wildman–Crippen MR) is 121 cm³/mol. The van der Waals surface area contributed by atoms with Crippen LogP contribution in [-0.2, 0) is 9.59 Å². The van der Waals surface area contributed by atoms with Crippen molar-refractivity contribution in [2.45, 2.75) is 44.6 Å². The maximum absolute atomic E-state index is 12.8. The molecule has 1 heterocycles. The first-order chi connectivity index (χ1) is 15.0. The van der Waals surface area contributed by atoms with Gasteiger partial charge in [0.2, 0.25) is 11.8 Å². The summed E-state index contributed by atoms with van der Waals surface area (Å²) in [6.07, 6.45) is 5.62. The maximum atomic E-state index is 12.8. The van der Waals surface area contributed by atoms with E-state index in [-0.39, 0.29) is 23.6 Å². The molecule has 2 fully saturated rings. The van der Waals surface area contributed by atoms with Crippen molar-refractivity contribution in [1.82, 2.24) is 4.90 Å². The fraction of sp³-hybridized carbons (Fsp3) is 0.375. The molecule has 2 aliphatic rings. The molecule has 1 unspecified atom stereocenters. The number of nitrogens with one attached hydrogen (secondary N) is 2. The Bertz CT molecular complexity index is 953. The fourth-order valence-corrected chi connectivity index (χ4v) is 4.50. The summed E-state index contributed by atoms with van der Waals surface area (Å²) in [5.74, 6) is -0.172. The van der Waals surface area contributed by atoms with Gasteiger partial charge in [-0.15, -0.1) is 0 Å². The monoisotopic (exact) mass is 439 g/mol. The number of hydrogen-bond donors (Lipinski definition) is 2. The van der Waals surface area contributed by atoms with Gasteiger partial charge in [0.1, 0.15) is 6.04 Å². The summed E-state index contributed by atoms with van der Waals surface area (Å²) < 4.78 is 0.